The Bertz CT molecular complexity index is 906. The summed E-state index contributed by atoms with van der Waals surface area (Å²) < 4.78 is 10.4. The number of hydrogen-bond donors (Lipinski definition) is 1. The molecule has 4 rings (SSSR count). The van der Waals surface area contributed by atoms with E-state index in [9.17, 15) is 9.59 Å². The van der Waals surface area contributed by atoms with Gasteiger partial charge in [-0.2, -0.15) is 4.98 Å². The zero-order chi connectivity index (χ0) is 18.6. The lowest BCUT2D eigenvalue weighted by atomic mass is 10.2. The molecule has 3 aromatic heterocycles. The van der Waals surface area contributed by atoms with Crippen LogP contribution in [0, 0.1) is 0 Å². The number of carbonyl (C=O) groups is 2. The van der Waals surface area contributed by atoms with Gasteiger partial charge in [0.1, 0.15) is 6.04 Å². The first-order chi connectivity index (χ1) is 13.2. The third-order valence-corrected chi connectivity index (χ3v) is 4.99. The third-order valence-electron chi connectivity index (χ3n) is 4.30. The number of carbonyl (C=O) groups excluding carboxylic acids is 2. The van der Waals surface area contributed by atoms with Gasteiger partial charge in [-0.1, -0.05) is 5.16 Å². The van der Waals surface area contributed by atoms with Gasteiger partial charge in [-0.3, -0.25) is 9.59 Å². The SMILES string of the molecule is O=C(Nc1nccs1)C1CCCN1C(=O)CCc1nc(-c2ccco2)no1. The average Bonchev–Trinajstić information content (AvgIpc) is 3.47. The number of amides is 2. The zero-order valence-electron chi connectivity index (χ0n) is 14.3. The quantitative estimate of drug-likeness (QED) is 0.690. The van der Waals surface area contributed by atoms with E-state index >= 15 is 0 Å². The van der Waals surface area contributed by atoms with Crippen LogP contribution < -0.4 is 5.32 Å². The van der Waals surface area contributed by atoms with Crippen molar-refractivity contribution in [3.8, 4) is 11.6 Å². The number of furan rings is 1. The van der Waals surface area contributed by atoms with Crippen molar-refractivity contribution in [2.45, 2.75) is 31.7 Å². The molecule has 1 unspecified atom stereocenters. The topological polar surface area (TPSA) is 114 Å². The molecule has 0 radical (unpaired) electrons. The van der Waals surface area contributed by atoms with E-state index in [-0.39, 0.29) is 18.2 Å². The molecule has 1 fully saturated rings. The predicted octanol–water partition coefficient (Wildman–Crippen LogP) is 2.35. The minimum Gasteiger partial charge on any atom is -0.461 e. The minimum atomic E-state index is -0.470. The molecule has 0 aliphatic carbocycles. The van der Waals surface area contributed by atoms with Crippen LogP contribution in [0.15, 0.2) is 38.9 Å². The fourth-order valence-corrected chi connectivity index (χ4v) is 3.56. The summed E-state index contributed by atoms with van der Waals surface area (Å²) in [6, 6.07) is 3.00. The fraction of sp³-hybridized carbons (Fsp3) is 0.353. The highest BCUT2D eigenvalue weighted by atomic mass is 32.1. The van der Waals surface area contributed by atoms with Crippen LogP contribution in [-0.2, 0) is 16.0 Å². The van der Waals surface area contributed by atoms with Crippen LogP contribution in [0.1, 0.15) is 25.2 Å². The molecule has 0 spiro atoms. The summed E-state index contributed by atoms with van der Waals surface area (Å²) in [7, 11) is 0. The molecule has 3 aromatic rings. The molecule has 140 valence electrons. The second-order valence-electron chi connectivity index (χ2n) is 6.06. The number of thiazole rings is 1. The van der Waals surface area contributed by atoms with Gasteiger partial charge in [-0.15, -0.1) is 11.3 Å². The van der Waals surface area contributed by atoms with Gasteiger partial charge < -0.3 is 19.2 Å². The number of aryl methyl sites for hydroxylation is 1. The Morgan fingerprint density at radius 2 is 2.33 bits per heavy atom. The summed E-state index contributed by atoms with van der Waals surface area (Å²) in [6.45, 7) is 0.566. The largest absolute Gasteiger partial charge is 0.461 e. The molecule has 1 aliphatic heterocycles. The normalized spacial score (nSPS) is 16.6. The number of aromatic nitrogens is 3. The smallest absolute Gasteiger partial charge is 0.248 e. The lowest BCUT2D eigenvalue weighted by molar-refractivity contribution is -0.136. The van der Waals surface area contributed by atoms with Gasteiger partial charge in [0.05, 0.1) is 6.26 Å². The van der Waals surface area contributed by atoms with Crippen LogP contribution in [0.4, 0.5) is 5.13 Å². The fourth-order valence-electron chi connectivity index (χ4n) is 3.03. The molecule has 2 amide bonds. The Balaban J connectivity index is 1.34. The second-order valence-corrected chi connectivity index (χ2v) is 6.96. The highest BCUT2D eigenvalue weighted by Gasteiger charge is 2.34. The molecule has 1 atom stereocenters. The number of nitrogens with zero attached hydrogens (tertiary/aromatic N) is 4. The van der Waals surface area contributed by atoms with Gasteiger partial charge in [0.2, 0.25) is 23.5 Å². The van der Waals surface area contributed by atoms with E-state index in [0.717, 1.165) is 6.42 Å². The van der Waals surface area contributed by atoms with Crippen molar-refractivity contribution in [3.05, 3.63) is 35.9 Å². The van der Waals surface area contributed by atoms with Gasteiger partial charge in [-0.05, 0) is 25.0 Å². The zero-order valence-corrected chi connectivity index (χ0v) is 15.1. The van der Waals surface area contributed by atoms with Crippen molar-refractivity contribution < 1.29 is 18.5 Å². The van der Waals surface area contributed by atoms with E-state index in [0.29, 0.717) is 42.0 Å². The van der Waals surface area contributed by atoms with Gasteiger partial charge in [0.15, 0.2) is 10.9 Å². The van der Waals surface area contributed by atoms with Crippen LogP contribution in [0.3, 0.4) is 0 Å². The third kappa shape index (κ3) is 3.90. The van der Waals surface area contributed by atoms with Gasteiger partial charge in [-0.25, -0.2) is 4.98 Å². The molecule has 0 aromatic carbocycles. The maximum atomic E-state index is 12.6. The van der Waals surface area contributed by atoms with E-state index in [1.807, 2.05) is 0 Å². The van der Waals surface area contributed by atoms with Gasteiger partial charge in [0, 0.05) is 31.0 Å². The number of hydrogen-bond acceptors (Lipinski definition) is 8. The summed E-state index contributed by atoms with van der Waals surface area (Å²) in [5, 5.41) is 8.93. The first kappa shape index (κ1) is 17.4. The summed E-state index contributed by atoms with van der Waals surface area (Å²) in [5.74, 6) is 0.912. The minimum absolute atomic E-state index is 0.107. The van der Waals surface area contributed by atoms with E-state index in [1.54, 1.807) is 28.6 Å². The molecule has 9 nitrogen and oxygen atoms in total. The average molecular weight is 387 g/mol. The van der Waals surface area contributed by atoms with E-state index < -0.39 is 6.04 Å². The molecule has 1 N–H and O–H groups in total. The Morgan fingerprint density at radius 3 is 3.11 bits per heavy atom. The van der Waals surface area contributed by atoms with Crippen molar-refractivity contribution >= 4 is 28.3 Å². The molecule has 1 saturated heterocycles. The number of nitrogens with one attached hydrogen (secondary N) is 1. The van der Waals surface area contributed by atoms with Crippen LogP contribution in [0.25, 0.3) is 11.6 Å². The summed E-state index contributed by atoms with van der Waals surface area (Å²) in [4.78, 5) is 34.9. The van der Waals surface area contributed by atoms with Gasteiger partial charge >= 0.3 is 0 Å². The first-order valence-corrected chi connectivity index (χ1v) is 9.45. The number of likely N-dealkylation sites (tertiary alicyclic amines) is 1. The molecule has 4 heterocycles. The van der Waals surface area contributed by atoms with Crippen molar-refractivity contribution in [1.29, 1.82) is 0 Å². The van der Waals surface area contributed by atoms with Crippen LogP contribution in [-0.4, -0.2) is 44.4 Å². The van der Waals surface area contributed by atoms with Crippen LogP contribution >= 0.6 is 11.3 Å². The molecule has 1 aliphatic rings. The molecule has 0 saturated carbocycles. The standard InChI is InChI=1S/C17H17N5O4S/c23-14(6-5-13-19-15(21-26-13)12-4-2-9-25-12)22-8-1-3-11(22)16(24)20-17-18-7-10-27-17/h2,4,7,9-11H,1,3,5-6,8H2,(H,18,20,24). The van der Waals surface area contributed by atoms with E-state index in [1.165, 1.54) is 17.6 Å². The molecule has 0 bridgehead atoms. The monoisotopic (exact) mass is 387 g/mol. The second kappa shape index (κ2) is 7.70. The Morgan fingerprint density at radius 1 is 1.41 bits per heavy atom. The van der Waals surface area contributed by atoms with Crippen molar-refractivity contribution in [1.82, 2.24) is 20.0 Å². The molecule has 10 heteroatoms. The summed E-state index contributed by atoms with van der Waals surface area (Å²) >= 11 is 1.35. The number of rotatable bonds is 6. The highest BCUT2D eigenvalue weighted by molar-refractivity contribution is 7.13. The lowest BCUT2D eigenvalue weighted by Gasteiger charge is -2.23. The number of anilines is 1. The summed E-state index contributed by atoms with van der Waals surface area (Å²) in [5.41, 5.74) is 0. The predicted molar refractivity (Wildman–Crippen MR) is 95.8 cm³/mol. The Labute approximate surface area is 158 Å². The van der Waals surface area contributed by atoms with Crippen LogP contribution in [0.5, 0.6) is 0 Å². The van der Waals surface area contributed by atoms with Crippen molar-refractivity contribution in [3.63, 3.8) is 0 Å². The molecular weight excluding hydrogens is 370 g/mol. The molecule has 27 heavy (non-hydrogen) atoms. The summed E-state index contributed by atoms with van der Waals surface area (Å²) in [6.07, 6.45) is 5.10. The maximum absolute atomic E-state index is 12.6. The Hall–Kier alpha value is -3.01. The highest BCUT2D eigenvalue weighted by Crippen LogP contribution is 2.22. The van der Waals surface area contributed by atoms with Crippen LogP contribution in [0.2, 0.25) is 0 Å². The lowest BCUT2D eigenvalue weighted by Crippen LogP contribution is -2.43. The van der Waals surface area contributed by atoms with Crippen molar-refractivity contribution in [2.24, 2.45) is 0 Å². The van der Waals surface area contributed by atoms with Crippen molar-refractivity contribution in [2.75, 3.05) is 11.9 Å². The van der Waals surface area contributed by atoms with E-state index in [2.05, 4.69) is 20.4 Å². The van der Waals surface area contributed by atoms with E-state index in [4.69, 9.17) is 8.94 Å². The Kier molecular flexibility index (Phi) is 4.97. The first-order valence-electron chi connectivity index (χ1n) is 8.57. The molecular formula is C17H17N5O4S. The maximum Gasteiger partial charge on any atom is 0.248 e. The van der Waals surface area contributed by atoms with Gasteiger partial charge in [0.25, 0.3) is 0 Å².